The van der Waals surface area contributed by atoms with Crippen molar-refractivity contribution in [3.8, 4) is 0 Å². The number of aromatic nitrogens is 1. The fraction of sp³-hybridized carbons (Fsp3) is 0.455. The maximum atomic E-state index is 13.5. The lowest BCUT2D eigenvalue weighted by atomic mass is 10.0. The largest absolute Gasteiger partial charge is 0.466 e. The number of rotatable bonds is 5. The molecule has 100 valence electrons. The van der Waals surface area contributed by atoms with Crippen molar-refractivity contribution in [2.45, 2.75) is 25.1 Å². The molecule has 3 nitrogen and oxygen atoms in total. The Morgan fingerprint density at radius 2 is 2.22 bits per heavy atom. The molecule has 0 radical (unpaired) electrons. The van der Waals surface area contributed by atoms with Crippen molar-refractivity contribution in [1.82, 2.24) is 4.98 Å². The van der Waals surface area contributed by atoms with Gasteiger partial charge in [0.05, 0.1) is 13.0 Å². The minimum atomic E-state index is -2.88. The van der Waals surface area contributed by atoms with Gasteiger partial charge in [0.2, 0.25) is 5.95 Å². The molecule has 18 heavy (non-hydrogen) atoms. The van der Waals surface area contributed by atoms with Crippen LogP contribution in [-0.2, 0) is 21.3 Å². The first-order chi connectivity index (χ1) is 8.51. The van der Waals surface area contributed by atoms with Gasteiger partial charge in [0.25, 0.3) is 6.43 Å². The van der Waals surface area contributed by atoms with Crippen LogP contribution in [0.5, 0.6) is 0 Å². The van der Waals surface area contributed by atoms with Gasteiger partial charge >= 0.3 is 5.97 Å². The number of nitrogens with zero attached hydrogens (tertiary/aromatic N) is 1. The lowest BCUT2D eigenvalue weighted by Crippen LogP contribution is -2.13. The number of esters is 1. The molecule has 0 atom stereocenters. The van der Waals surface area contributed by atoms with Crippen LogP contribution < -0.4 is 0 Å². The molecule has 0 N–H and O–H groups in total. The molecule has 0 amide bonds. The van der Waals surface area contributed by atoms with Crippen LogP contribution in [0.2, 0.25) is 0 Å². The molecule has 0 aliphatic rings. The Morgan fingerprint density at radius 3 is 2.72 bits per heavy atom. The topological polar surface area (TPSA) is 39.2 Å². The first-order valence-electron chi connectivity index (χ1n) is 5.17. The highest BCUT2D eigenvalue weighted by molar-refractivity contribution is 9.08. The van der Waals surface area contributed by atoms with E-state index in [0.717, 1.165) is 6.20 Å². The quantitative estimate of drug-likeness (QED) is 0.474. The van der Waals surface area contributed by atoms with E-state index in [1.54, 1.807) is 6.92 Å². The maximum absolute atomic E-state index is 13.5. The highest BCUT2D eigenvalue weighted by atomic mass is 79.9. The first-order valence-corrected chi connectivity index (χ1v) is 6.29. The van der Waals surface area contributed by atoms with Gasteiger partial charge in [-0.2, -0.15) is 4.39 Å². The SMILES string of the molecule is CCOC(=O)Cc1c(F)ncc(CBr)c1C(F)F. The second-order valence-corrected chi connectivity index (χ2v) is 3.94. The van der Waals surface area contributed by atoms with Crippen LogP contribution in [0.3, 0.4) is 0 Å². The molecule has 0 aromatic carbocycles. The average Bonchev–Trinajstić information content (AvgIpc) is 2.31. The molecule has 0 spiro atoms. The molecule has 7 heteroatoms. The number of pyridine rings is 1. The Morgan fingerprint density at radius 1 is 1.56 bits per heavy atom. The molecule has 0 saturated carbocycles. The zero-order valence-corrected chi connectivity index (χ0v) is 11.1. The van der Waals surface area contributed by atoms with Gasteiger partial charge in [-0.05, 0) is 12.5 Å². The van der Waals surface area contributed by atoms with Crippen molar-refractivity contribution in [1.29, 1.82) is 0 Å². The van der Waals surface area contributed by atoms with E-state index >= 15 is 0 Å². The van der Waals surface area contributed by atoms with E-state index in [-0.39, 0.29) is 17.5 Å². The molecular formula is C11H11BrF3NO2. The van der Waals surface area contributed by atoms with Gasteiger partial charge in [-0.3, -0.25) is 4.79 Å². The third-order valence-corrected chi connectivity index (χ3v) is 2.85. The Labute approximate surface area is 110 Å². The van der Waals surface area contributed by atoms with E-state index in [1.807, 2.05) is 0 Å². The van der Waals surface area contributed by atoms with Crippen molar-refractivity contribution in [2.24, 2.45) is 0 Å². The third kappa shape index (κ3) is 3.44. The van der Waals surface area contributed by atoms with Crippen LogP contribution in [-0.4, -0.2) is 17.6 Å². The van der Waals surface area contributed by atoms with Crippen molar-refractivity contribution in [3.05, 3.63) is 28.8 Å². The number of carbonyl (C=O) groups excluding carboxylic acids is 1. The van der Waals surface area contributed by atoms with E-state index in [1.165, 1.54) is 0 Å². The third-order valence-electron chi connectivity index (χ3n) is 2.24. The fourth-order valence-electron chi connectivity index (χ4n) is 1.49. The summed E-state index contributed by atoms with van der Waals surface area (Å²) in [7, 11) is 0. The molecule has 0 bridgehead atoms. The number of ether oxygens (including phenoxy) is 1. The minimum Gasteiger partial charge on any atom is -0.466 e. The number of hydrogen-bond acceptors (Lipinski definition) is 3. The summed E-state index contributed by atoms with van der Waals surface area (Å²) in [4.78, 5) is 14.6. The summed E-state index contributed by atoms with van der Waals surface area (Å²) in [6.45, 7) is 1.69. The van der Waals surface area contributed by atoms with Crippen LogP contribution in [0, 0.1) is 5.95 Å². The Balaban J connectivity index is 3.18. The van der Waals surface area contributed by atoms with Gasteiger partial charge < -0.3 is 4.74 Å². The van der Waals surface area contributed by atoms with E-state index < -0.39 is 35.9 Å². The number of carbonyl (C=O) groups is 1. The van der Waals surface area contributed by atoms with Crippen LogP contribution in [0.15, 0.2) is 6.20 Å². The normalized spacial score (nSPS) is 10.8. The van der Waals surface area contributed by atoms with Crippen molar-refractivity contribution >= 4 is 21.9 Å². The summed E-state index contributed by atoms with van der Waals surface area (Å²) in [5.41, 5.74) is -0.737. The second-order valence-electron chi connectivity index (χ2n) is 3.38. The Kier molecular flexibility index (Phi) is 5.58. The zero-order valence-electron chi connectivity index (χ0n) is 9.55. The standard InChI is InChI=1S/C11H11BrF3NO2/c1-2-18-8(17)3-7-9(10(13)14)6(4-12)5-16-11(7)15/h5,10H,2-4H2,1H3. The van der Waals surface area contributed by atoms with E-state index in [0.29, 0.717) is 0 Å². The lowest BCUT2D eigenvalue weighted by molar-refractivity contribution is -0.142. The molecule has 0 unspecified atom stereocenters. The average molecular weight is 326 g/mol. The Bertz CT molecular complexity index is 441. The summed E-state index contributed by atoms with van der Waals surface area (Å²) in [6, 6.07) is 0. The van der Waals surface area contributed by atoms with E-state index in [9.17, 15) is 18.0 Å². The predicted octanol–water partition coefficient (Wildman–Crippen LogP) is 3.16. The van der Waals surface area contributed by atoms with Gasteiger partial charge in [0.1, 0.15) is 0 Å². The summed E-state index contributed by atoms with van der Waals surface area (Å²) < 4.78 is 43.9. The van der Waals surface area contributed by atoms with Crippen LogP contribution >= 0.6 is 15.9 Å². The Hall–Kier alpha value is -1.11. The van der Waals surface area contributed by atoms with Crippen molar-refractivity contribution in [2.75, 3.05) is 6.61 Å². The first kappa shape index (κ1) is 14.9. The van der Waals surface area contributed by atoms with E-state index in [4.69, 9.17) is 0 Å². The number of halogens is 4. The van der Waals surface area contributed by atoms with Gasteiger partial charge in [-0.15, -0.1) is 0 Å². The predicted molar refractivity (Wildman–Crippen MR) is 62.1 cm³/mol. The smallest absolute Gasteiger partial charge is 0.310 e. The molecular weight excluding hydrogens is 315 g/mol. The monoisotopic (exact) mass is 325 g/mol. The van der Waals surface area contributed by atoms with Crippen LogP contribution in [0.1, 0.15) is 30.0 Å². The molecule has 1 rings (SSSR count). The summed E-state index contributed by atoms with van der Waals surface area (Å²) in [5.74, 6) is -1.82. The number of hydrogen-bond donors (Lipinski definition) is 0. The molecule has 0 fully saturated rings. The molecule has 0 aliphatic carbocycles. The second kappa shape index (κ2) is 6.72. The zero-order chi connectivity index (χ0) is 13.7. The molecule has 1 aromatic rings. The van der Waals surface area contributed by atoms with Gasteiger partial charge in [0, 0.05) is 22.7 Å². The molecule has 1 aromatic heterocycles. The molecule has 1 heterocycles. The number of alkyl halides is 3. The van der Waals surface area contributed by atoms with Crippen LogP contribution in [0.25, 0.3) is 0 Å². The minimum absolute atomic E-state index is 0.107. The summed E-state index contributed by atoms with van der Waals surface area (Å²) in [6.07, 6.45) is -2.40. The summed E-state index contributed by atoms with van der Waals surface area (Å²) >= 11 is 3.02. The fourth-order valence-corrected chi connectivity index (χ4v) is 1.94. The highest BCUT2D eigenvalue weighted by Crippen LogP contribution is 2.29. The van der Waals surface area contributed by atoms with Crippen molar-refractivity contribution in [3.63, 3.8) is 0 Å². The molecule has 0 aliphatic heterocycles. The van der Waals surface area contributed by atoms with Gasteiger partial charge in [-0.1, -0.05) is 15.9 Å². The van der Waals surface area contributed by atoms with Gasteiger partial charge in [-0.25, -0.2) is 13.8 Å². The summed E-state index contributed by atoms with van der Waals surface area (Å²) in [5, 5.41) is 0.107. The van der Waals surface area contributed by atoms with E-state index in [2.05, 4.69) is 25.7 Å². The van der Waals surface area contributed by atoms with Gasteiger partial charge in [0.15, 0.2) is 0 Å². The van der Waals surface area contributed by atoms with Crippen LogP contribution in [0.4, 0.5) is 13.2 Å². The molecule has 0 saturated heterocycles. The highest BCUT2D eigenvalue weighted by Gasteiger charge is 2.23. The lowest BCUT2D eigenvalue weighted by Gasteiger charge is -2.12. The maximum Gasteiger partial charge on any atom is 0.310 e. The van der Waals surface area contributed by atoms with Crippen molar-refractivity contribution < 1.29 is 22.7 Å².